The molecule has 110 valence electrons. The summed E-state index contributed by atoms with van der Waals surface area (Å²) in [6.07, 6.45) is 0. The molecule has 5 nitrogen and oxygen atoms in total. The number of amides is 1. The molecule has 20 heavy (non-hydrogen) atoms. The van der Waals surface area contributed by atoms with Gasteiger partial charge in [0, 0.05) is 38.3 Å². The van der Waals surface area contributed by atoms with Crippen molar-refractivity contribution in [3.05, 3.63) is 29.6 Å². The van der Waals surface area contributed by atoms with Gasteiger partial charge in [0.05, 0.1) is 5.56 Å². The number of hydrogen-bond acceptors (Lipinski definition) is 4. The number of phenolic OH excluding ortho intramolecular Hbond substituents is 1. The number of rotatable bonds is 3. The number of likely N-dealkylation sites (N-methyl/N-ethyl adjacent to an activating group) is 2. The summed E-state index contributed by atoms with van der Waals surface area (Å²) in [6.45, 7) is 3.30. The molecule has 6 heteroatoms. The van der Waals surface area contributed by atoms with Gasteiger partial charge in [-0.25, -0.2) is 4.39 Å². The van der Waals surface area contributed by atoms with Crippen molar-refractivity contribution in [3.63, 3.8) is 0 Å². The van der Waals surface area contributed by atoms with E-state index in [1.165, 1.54) is 12.1 Å². The van der Waals surface area contributed by atoms with E-state index in [0.29, 0.717) is 6.54 Å². The van der Waals surface area contributed by atoms with E-state index in [-0.39, 0.29) is 17.4 Å². The Labute approximate surface area is 118 Å². The van der Waals surface area contributed by atoms with Crippen LogP contribution in [0.2, 0.25) is 0 Å². The highest BCUT2D eigenvalue weighted by Gasteiger charge is 2.23. The average Bonchev–Trinajstić information content (AvgIpc) is 2.39. The molecule has 1 atom stereocenters. The molecule has 1 aliphatic rings. The van der Waals surface area contributed by atoms with Gasteiger partial charge in [-0.1, -0.05) is 0 Å². The summed E-state index contributed by atoms with van der Waals surface area (Å²) < 4.78 is 13.6. The number of nitrogens with zero attached hydrogens (tertiary/aromatic N) is 2. The van der Waals surface area contributed by atoms with E-state index in [4.69, 9.17) is 5.11 Å². The lowest BCUT2D eigenvalue weighted by Gasteiger charge is -2.37. The second-order valence-corrected chi connectivity index (χ2v) is 5.27. The molecular weight excluding hydrogens is 261 g/mol. The van der Waals surface area contributed by atoms with Crippen molar-refractivity contribution in [2.75, 3.05) is 40.3 Å². The molecule has 2 N–H and O–H groups in total. The van der Waals surface area contributed by atoms with E-state index in [9.17, 15) is 9.18 Å². The van der Waals surface area contributed by atoms with Gasteiger partial charge in [0.1, 0.15) is 11.6 Å². The summed E-state index contributed by atoms with van der Waals surface area (Å²) in [7, 11) is 4.06. The molecular formula is C14H20FN3O2. The minimum absolute atomic E-state index is 0.0467. The Morgan fingerprint density at radius 2 is 2.20 bits per heavy atom. The second kappa shape index (κ2) is 6.19. The molecule has 1 saturated heterocycles. The van der Waals surface area contributed by atoms with E-state index in [1.807, 2.05) is 14.1 Å². The fraction of sp³-hybridized carbons (Fsp3) is 0.500. The number of carbonyl (C=O) groups excluding carboxylic acids is 1. The van der Waals surface area contributed by atoms with Gasteiger partial charge in [-0.15, -0.1) is 0 Å². The molecule has 1 amide bonds. The first-order valence-corrected chi connectivity index (χ1v) is 6.63. The van der Waals surface area contributed by atoms with Crippen LogP contribution in [0.3, 0.4) is 0 Å². The first-order chi connectivity index (χ1) is 9.47. The minimum Gasteiger partial charge on any atom is -0.508 e. The third-order valence-corrected chi connectivity index (χ3v) is 3.68. The monoisotopic (exact) mass is 281 g/mol. The molecule has 1 fully saturated rings. The van der Waals surface area contributed by atoms with E-state index < -0.39 is 11.7 Å². The summed E-state index contributed by atoms with van der Waals surface area (Å²) in [4.78, 5) is 16.3. The molecule has 1 unspecified atom stereocenters. The number of hydrogen-bond donors (Lipinski definition) is 2. The zero-order chi connectivity index (χ0) is 14.7. The van der Waals surface area contributed by atoms with Crippen LogP contribution in [0.4, 0.5) is 4.39 Å². The summed E-state index contributed by atoms with van der Waals surface area (Å²) in [5.41, 5.74) is -0.0467. The van der Waals surface area contributed by atoms with Crippen LogP contribution >= 0.6 is 0 Å². The lowest BCUT2D eigenvalue weighted by molar-refractivity contribution is 0.0877. The smallest absolute Gasteiger partial charge is 0.254 e. The van der Waals surface area contributed by atoms with Crippen molar-refractivity contribution in [1.82, 2.24) is 15.1 Å². The molecule has 0 aliphatic carbocycles. The van der Waals surface area contributed by atoms with Crippen LogP contribution in [0.5, 0.6) is 5.75 Å². The summed E-state index contributed by atoms with van der Waals surface area (Å²) >= 11 is 0. The van der Waals surface area contributed by atoms with Gasteiger partial charge in [-0.05, 0) is 26.2 Å². The molecule has 1 aromatic rings. The Balaban J connectivity index is 1.94. The first kappa shape index (κ1) is 14.7. The van der Waals surface area contributed by atoms with Gasteiger partial charge in [0.15, 0.2) is 0 Å². The highest BCUT2D eigenvalue weighted by molar-refractivity contribution is 5.94. The van der Waals surface area contributed by atoms with E-state index in [0.717, 1.165) is 25.7 Å². The molecule has 2 rings (SSSR count). The SMILES string of the molecule is CN1CCN(C)C(CNC(=O)c2ccc(O)cc2F)C1. The van der Waals surface area contributed by atoms with E-state index in [1.54, 1.807) is 0 Å². The van der Waals surface area contributed by atoms with Gasteiger partial charge in [0.2, 0.25) is 0 Å². The predicted octanol–water partition coefficient (Wildman–Crippen LogP) is 0.507. The van der Waals surface area contributed by atoms with E-state index in [2.05, 4.69) is 15.1 Å². The van der Waals surface area contributed by atoms with Crippen molar-refractivity contribution in [2.24, 2.45) is 0 Å². The fourth-order valence-electron chi connectivity index (χ4n) is 2.32. The van der Waals surface area contributed by atoms with Crippen LogP contribution in [0.25, 0.3) is 0 Å². The Hall–Kier alpha value is -1.66. The van der Waals surface area contributed by atoms with Crippen LogP contribution in [0, 0.1) is 5.82 Å². The minimum atomic E-state index is -0.711. The quantitative estimate of drug-likeness (QED) is 0.847. The van der Waals surface area contributed by atoms with Crippen molar-refractivity contribution in [1.29, 1.82) is 0 Å². The maximum atomic E-state index is 13.6. The van der Waals surface area contributed by atoms with Crippen molar-refractivity contribution >= 4 is 5.91 Å². The van der Waals surface area contributed by atoms with Gasteiger partial charge < -0.3 is 15.3 Å². The maximum absolute atomic E-state index is 13.6. The van der Waals surface area contributed by atoms with Crippen molar-refractivity contribution in [3.8, 4) is 5.75 Å². The second-order valence-electron chi connectivity index (χ2n) is 5.27. The summed E-state index contributed by atoms with van der Waals surface area (Å²) in [5.74, 6) is -1.35. The normalized spacial score (nSPS) is 20.9. The van der Waals surface area contributed by atoms with Crippen LogP contribution in [0.15, 0.2) is 18.2 Å². The lowest BCUT2D eigenvalue weighted by atomic mass is 10.1. The molecule has 1 aromatic carbocycles. The Morgan fingerprint density at radius 3 is 2.90 bits per heavy atom. The Bertz CT molecular complexity index is 495. The summed E-state index contributed by atoms with van der Waals surface area (Å²) in [6, 6.07) is 3.75. The molecule has 0 aromatic heterocycles. The number of halogens is 1. The largest absolute Gasteiger partial charge is 0.508 e. The maximum Gasteiger partial charge on any atom is 0.254 e. The van der Waals surface area contributed by atoms with Crippen molar-refractivity contribution < 1.29 is 14.3 Å². The standard InChI is InChI=1S/C14H20FN3O2/c1-17-5-6-18(2)10(9-17)8-16-14(20)12-4-3-11(19)7-13(12)15/h3-4,7,10,19H,5-6,8-9H2,1-2H3,(H,16,20). The summed E-state index contributed by atoms with van der Waals surface area (Å²) in [5, 5.41) is 11.9. The number of piperazine rings is 1. The molecule has 0 spiro atoms. The topological polar surface area (TPSA) is 55.8 Å². The molecule has 0 radical (unpaired) electrons. The number of aromatic hydroxyl groups is 1. The third kappa shape index (κ3) is 3.46. The molecule has 1 heterocycles. The fourth-order valence-corrected chi connectivity index (χ4v) is 2.32. The van der Waals surface area contributed by atoms with Gasteiger partial charge in [0.25, 0.3) is 5.91 Å². The number of carbonyl (C=O) groups is 1. The van der Waals surface area contributed by atoms with Crippen molar-refractivity contribution in [2.45, 2.75) is 6.04 Å². The average molecular weight is 281 g/mol. The van der Waals surface area contributed by atoms with Crippen LogP contribution in [-0.2, 0) is 0 Å². The Kier molecular flexibility index (Phi) is 4.57. The van der Waals surface area contributed by atoms with E-state index >= 15 is 0 Å². The molecule has 1 aliphatic heterocycles. The number of phenols is 1. The van der Waals surface area contributed by atoms with Gasteiger partial charge >= 0.3 is 0 Å². The van der Waals surface area contributed by atoms with Gasteiger partial charge in [-0.2, -0.15) is 0 Å². The number of nitrogens with one attached hydrogen (secondary N) is 1. The van der Waals surface area contributed by atoms with Crippen LogP contribution in [-0.4, -0.2) is 67.1 Å². The third-order valence-electron chi connectivity index (χ3n) is 3.68. The Morgan fingerprint density at radius 1 is 1.45 bits per heavy atom. The zero-order valence-electron chi connectivity index (χ0n) is 11.8. The highest BCUT2D eigenvalue weighted by Crippen LogP contribution is 2.15. The highest BCUT2D eigenvalue weighted by atomic mass is 19.1. The van der Waals surface area contributed by atoms with Crippen LogP contribution in [0.1, 0.15) is 10.4 Å². The zero-order valence-corrected chi connectivity index (χ0v) is 11.8. The first-order valence-electron chi connectivity index (χ1n) is 6.63. The predicted molar refractivity (Wildman–Crippen MR) is 74.3 cm³/mol. The molecule has 0 saturated carbocycles. The number of benzene rings is 1. The van der Waals surface area contributed by atoms with Gasteiger partial charge in [-0.3, -0.25) is 9.69 Å². The van der Waals surface area contributed by atoms with Crippen LogP contribution < -0.4 is 5.32 Å². The molecule has 0 bridgehead atoms. The lowest BCUT2D eigenvalue weighted by Crippen LogP contribution is -2.54.